The third-order valence-corrected chi connectivity index (χ3v) is 6.17. The Morgan fingerprint density at radius 2 is 1.83 bits per heavy atom. The summed E-state index contributed by atoms with van der Waals surface area (Å²) < 4.78 is 11.3. The van der Waals surface area contributed by atoms with Crippen LogP contribution in [-0.4, -0.2) is 30.2 Å². The van der Waals surface area contributed by atoms with Crippen molar-refractivity contribution in [1.82, 2.24) is 9.97 Å². The third-order valence-electron chi connectivity index (χ3n) is 5.09. The molecule has 0 spiro atoms. The predicted octanol–water partition coefficient (Wildman–Crippen LogP) is 2.64. The molecule has 30 heavy (non-hydrogen) atoms. The quantitative estimate of drug-likeness (QED) is 0.521. The highest BCUT2D eigenvalue weighted by Gasteiger charge is 2.16. The van der Waals surface area contributed by atoms with Gasteiger partial charge in [-0.05, 0) is 29.8 Å². The second-order valence-corrected chi connectivity index (χ2v) is 8.53. The Balaban J connectivity index is 1.35. The summed E-state index contributed by atoms with van der Waals surface area (Å²) in [5.41, 5.74) is 2.17. The van der Waals surface area contributed by atoms with Gasteiger partial charge in [-0.3, -0.25) is 4.79 Å². The van der Waals surface area contributed by atoms with Crippen molar-refractivity contribution >= 4 is 21.6 Å². The first-order valence-corrected chi connectivity index (χ1v) is 10.8. The smallest absolute Gasteiger partial charge is 0.259 e. The van der Waals surface area contributed by atoms with Crippen LogP contribution < -0.4 is 19.9 Å². The Morgan fingerprint density at radius 3 is 2.67 bits per heavy atom. The van der Waals surface area contributed by atoms with Gasteiger partial charge in [-0.15, -0.1) is 11.3 Å². The molecule has 5 rings (SSSR count). The van der Waals surface area contributed by atoms with Gasteiger partial charge in [-0.1, -0.05) is 30.3 Å². The number of nitrogens with zero attached hydrogens (tertiary/aromatic N) is 1. The van der Waals surface area contributed by atoms with Crippen molar-refractivity contribution in [1.29, 1.82) is 0 Å². The van der Waals surface area contributed by atoms with Crippen molar-refractivity contribution in [2.24, 2.45) is 0 Å². The topological polar surface area (TPSA) is 68.7 Å². The van der Waals surface area contributed by atoms with Crippen molar-refractivity contribution in [2.75, 3.05) is 20.3 Å². The number of rotatable bonds is 5. The zero-order chi connectivity index (χ0) is 20.5. The van der Waals surface area contributed by atoms with Crippen LogP contribution in [0.5, 0.6) is 11.5 Å². The van der Waals surface area contributed by atoms with E-state index in [9.17, 15) is 4.79 Å². The molecule has 0 saturated carbocycles. The third kappa shape index (κ3) is 3.81. The molecule has 1 aliphatic rings. The predicted molar refractivity (Wildman–Crippen MR) is 117 cm³/mol. The van der Waals surface area contributed by atoms with Crippen molar-refractivity contribution in [3.63, 3.8) is 0 Å². The molecule has 2 aromatic carbocycles. The Bertz CT molecular complexity index is 1250. The number of hydrogen-bond acceptors (Lipinski definition) is 5. The summed E-state index contributed by atoms with van der Waals surface area (Å²) in [6.07, 6.45) is 0. The molecule has 6 nitrogen and oxygen atoms in total. The summed E-state index contributed by atoms with van der Waals surface area (Å²) in [4.78, 5) is 23.4. The van der Waals surface area contributed by atoms with Crippen LogP contribution >= 0.6 is 11.3 Å². The van der Waals surface area contributed by atoms with Crippen LogP contribution in [0.3, 0.4) is 0 Å². The van der Waals surface area contributed by atoms with Gasteiger partial charge in [0, 0.05) is 10.4 Å². The van der Waals surface area contributed by atoms with Crippen LogP contribution in [-0.2, 0) is 13.1 Å². The molecule has 2 N–H and O–H groups in total. The normalized spacial score (nSPS) is 14.0. The summed E-state index contributed by atoms with van der Waals surface area (Å²) in [7, 11) is 2.09. The van der Waals surface area contributed by atoms with Gasteiger partial charge < -0.3 is 19.4 Å². The van der Waals surface area contributed by atoms with E-state index >= 15 is 0 Å². The van der Waals surface area contributed by atoms with Gasteiger partial charge in [0.2, 0.25) is 0 Å². The van der Waals surface area contributed by atoms with E-state index in [0.717, 1.165) is 38.9 Å². The molecule has 3 heterocycles. The van der Waals surface area contributed by atoms with E-state index in [1.165, 1.54) is 4.90 Å². The average molecular weight is 421 g/mol. The van der Waals surface area contributed by atoms with Crippen molar-refractivity contribution < 1.29 is 14.4 Å². The molecule has 0 radical (unpaired) electrons. The molecule has 0 fully saturated rings. The maximum absolute atomic E-state index is 12.6. The van der Waals surface area contributed by atoms with Crippen LogP contribution in [0.2, 0.25) is 0 Å². The Hall–Kier alpha value is -3.16. The zero-order valence-electron chi connectivity index (χ0n) is 16.6. The number of aromatic nitrogens is 2. The summed E-state index contributed by atoms with van der Waals surface area (Å²) in [5, 5.41) is 0.645. The number of quaternary nitrogens is 1. The fraction of sp³-hybridized carbons (Fsp3) is 0.217. The van der Waals surface area contributed by atoms with E-state index in [1.54, 1.807) is 11.3 Å². The number of aromatic amines is 1. The number of benzene rings is 2. The highest BCUT2D eigenvalue weighted by Crippen LogP contribution is 2.31. The summed E-state index contributed by atoms with van der Waals surface area (Å²) in [5.74, 6) is 2.29. The standard InChI is InChI=1S/C23H21N3O3S/c1-26(13-15-7-8-18-19(11-15)29-10-9-28-18)14-21-24-22(27)17-12-20(30-23(17)25-21)16-5-3-2-4-6-16/h2-8,11-12H,9-10,13-14H2,1H3,(H,24,25,27)/p+1. The number of nitrogens with one attached hydrogen (secondary N) is 2. The molecule has 1 unspecified atom stereocenters. The van der Waals surface area contributed by atoms with Crippen molar-refractivity contribution in [2.45, 2.75) is 13.1 Å². The van der Waals surface area contributed by atoms with Crippen LogP contribution in [0.1, 0.15) is 11.4 Å². The van der Waals surface area contributed by atoms with Crippen molar-refractivity contribution in [3.05, 3.63) is 76.3 Å². The minimum Gasteiger partial charge on any atom is -0.486 e. The maximum atomic E-state index is 12.6. The molecule has 2 aromatic heterocycles. The molecule has 0 aliphatic carbocycles. The van der Waals surface area contributed by atoms with E-state index in [1.807, 2.05) is 48.5 Å². The van der Waals surface area contributed by atoms with Crippen LogP contribution in [0, 0.1) is 0 Å². The lowest BCUT2D eigenvalue weighted by atomic mass is 10.2. The largest absolute Gasteiger partial charge is 0.486 e. The van der Waals surface area contributed by atoms with Gasteiger partial charge in [-0.25, -0.2) is 4.98 Å². The Labute approximate surface area is 177 Å². The highest BCUT2D eigenvalue weighted by atomic mass is 32.1. The lowest BCUT2D eigenvalue weighted by Crippen LogP contribution is -3.06. The first-order valence-electron chi connectivity index (χ1n) is 9.94. The van der Waals surface area contributed by atoms with Gasteiger partial charge >= 0.3 is 0 Å². The second kappa shape index (κ2) is 7.93. The minimum absolute atomic E-state index is 0.0828. The number of H-pyrrole nitrogens is 1. The van der Waals surface area contributed by atoms with Gasteiger partial charge in [0.05, 0.1) is 12.4 Å². The van der Waals surface area contributed by atoms with E-state index in [0.29, 0.717) is 31.0 Å². The van der Waals surface area contributed by atoms with Crippen LogP contribution in [0.15, 0.2) is 59.4 Å². The Kier molecular flexibility index (Phi) is 4.98. The zero-order valence-corrected chi connectivity index (χ0v) is 17.4. The monoisotopic (exact) mass is 420 g/mol. The SMILES string of the molecule is C[NH+](Cc1ccc2c(c1)OCCO2)Cc1nc2sc(-c3ccccc3)cc2c(=O)[nH]1. The van der Waals surface area contributed by atoms with E-state index in [4.69, 9.17) is 14.5 Å². The molecule has 4 aromatic rings. The summed E-state index contributed by atoms with van der Waals surface area (Å²) in [6, 6.07) is 18.1. The molecule has 0 saturated heterocycles. The first kappa shape index (κ1) is 18.8. The molecule has 7 heteroatoms. The maximum Gasteiger partial charge on any atom is 0.259 e. The van der Waals surface area contributed by atoms with Gasteiger partial charge in [-0.2, -0.15) is 0 Å². The lowest BCUT2D eigenvalue weighted by molar-refractivity contribution is -0.908. The molecule has 0 amide bonds. The summed E-state index contributed by atoms with van der Waals surface area (Å²) >= 11 is 1.55. The second-order valence-electron chi connectivity index (χ2n) is 7.50. The molecular weight excluding hydrogens is 398 g/mol. The van der Waals surface area contributed by atoms with Gasteiger partial charge in [0.25, 0.3) is 5.56 Å². The van der Waals surface area contributed by atoms with E-state index in [2.05, 4.69) is 18.1 Å². The van der Waals surface area contributed by atoms with E-state index < -0.39 is 0 Å². The van der Waals surface area contributed by atoms with Crippen molar-refractivity contribution in [3.8, 4) is 21.9 Å². The number of thiophene rings is 1. The van der Waals surface area contributed by atoms with Crippen LogP contribution in [0.4, 0.5) is 0 Å². The van der Waals surface area contributed by atoms with E-state index in [-0.39, 0.29) is 5.56 Å². The Morgan fingerprint density at radius 1 is 1.03 bits per heavy atom. The number of ether oxygens (including phenoxy) is 2. The molecule has 152 valence electrons. The fourth-order valence-electron chi connectivity index (χ4n) is 3.70. The van der Waals surface area contributed by atoms with Gasteiger partial charge in [0.1, 0.15) is 31.1 Å². The number of fused-ring (bicyclic) bond motifs is 2. The number of hydrogen-bond donors (Lipinski definition) is 2. The molecule has 1 atom stereocenters. The highest BCUT2D eigenvalue weighted by molar-refractivity contribution is 7.21. The molecular formula is C23H22N3O3S+. The minimum atomic E-state index is -0.0828. The first-order chi connectivity index (χ1) is 14.7. The molecule has 0 bridgehead atoms. The van der Waals surface area contributed by atoms with Gasteiger partial charge in [0.15, 0.2) is 17.3 Å². The summed E-state index contributed by atoms with van der Waals surface area (Å²) in [6.45, 7) is 2.58. The fourth-order valence-corrected chi connectivity index (χ4v) is 4.76. The van der Waals surface area contributed by atoms with Crippen LogP contribution in [0.25, 0.3) is 20.7 Å². The lowest BCUT2D eigenvalue weighted by Gasteiger charge is -2.19. The molecule has 1 aliphatic heterocycles. The average Bonchev–Trinajstić information content (AvgIpc) is 3.19.